The van der Waals surface area contributed by atoms with Crippen LogP contribution in [-0.4, -0.2) is 102 Å². The van der Waals surface area contributed by atoms with Crippen LogP contribution in [0.5, 0.6) is 5.75 Å². The normalized spacial score (nSPS) is 23.9. The third kappa shape index (κ3) is 16.2. The number of nitrogens with one attached hydrogen (secondary N) is 1. The van der Waals surface area contributed by atoms with Crippen molar-refractivity contribution in [1.29, 1.82) is 0 Å². The second-order valence-electron chi connectivity index (χ2n) is 13.7. The van der Waals surface area contributed by atoms with Crippen LogP contribution in [0.1, 0.15) is 59.9 Å². The number of aliphatic hydroxyl groups is 1. The minimum absolute atomic E-state index is 0.0724. The van der Waals surface area contributed by atoms with Gasteiger partial charge in [-0.25, -0.2) is 14.4 Å². The zero-order valence-corrected chi connectivity index (χ0v) is 41.2. The highest BCUT2D eigenvalue weighted by molar-refractivity contribution is 8.76. The first-order valence-electron chi connectivity index (χ1n) is 19.5. The van der Waals surface area contributed by atoms with Gasteiger partial charge in [-0.15, -0.1) is 0 Å². The number of nitrogens with zero attached hydrogens (tertiary/aromatic N) is 4. The number of hydrogen-bond acceptors (Lipinski definition) is 21. The van der Waals surface area contributed by atoms with Gasteiger partial charge in [-0.1, -0.05) is 73.5 Å². The molecule has 360 valence electrons. The fourth-order valence-corrected chi connectivity index (χ4v) is 10.5. The monoisotopic (exact) mass is 1050 g/mol. The molecule has 2 saturated heterocycles. The molecule has 5 heterocycles. The molecule has 4 unspecified atom stereocenters. The highest BCUT2D eigenvalue weighted by Crippen LogP contribution is 2.49. The molecule has 66 heavy (non-hydrogen) atoms. The van der Waals surface area contributed by atoms with Crippen molar-refractivity contribution in [1.82, 2.24) is 19.1 Å². The first-order valence-corrected chi connectivity index (χ1v) is 28.4. The number of aromatic nitrogens is 4. The molecule has 4 aromatic rings. The van der Waals surface area contributed by atoms with Crippen LogP contribution in [0.2, 0.25) is 0 Å². The van der Waals surface area contributed by atoms with E-state index in [9.17, 15) is 33.7 Å². The van der Waals surface area contributed by atoms with Crippen molar-refractivity contribution in [2.75, 3.05) is 36.8 Å². The molecule has 28 heteroatoms. The van der Waals surface area contributed by atoms with E-state index in [1.807, 2.05) is 32.4 Å². The number of carbonyl (C=O) groups excluding carboxylic acids is 2. The minimum Gasteiger partial charge on any atom is -0.756 e. The number of carbonyl (C=O) groups is 2. The summed E-state index contributed by atoms with van der Waals surface area (Å²) in [6.07, 6.45) is 4.07. The molecule has 0 radical (unpaired) electrons. The van der Waals surface area contributed by atoms with Crippen molar-refractivity contribution in [2.45, 2.75) is 74.4 Å². The number of nitrogens with two attached hydrogens (primary N) is 1. The summed E-state index contributed by atoms with van der Waals surface area (Å²) in [6, 6.07) is 18.5. The van der Waals surface area contributed by atoms with Crippen molar-refractivity contribution < 1.29 is 61.6 Å². The van der Waals surface area contributed by atoms with Crippen molar-refractivity contribution in [3.05, 3.63) is 111 Å². The van der Waals surface area contributed by atoms with E-state index in [0.29, 0.717) is 23.3 Å². The quantitative estimate of drug-likeness (QED) is 0.0607. The van der Waals surface area contributed by atoms with Crippen LogP contribution in [0.15, 0.2) is 88.7 Å². The molecule has 2 aromatic heterocycles. The first kappa shape index (κ1) is 53.7. The number of phosphoric ester groups is 1. The molecular weight excluding hydrogens is 1010 g/mol. The summed E-state index contributed by atoms with van der Waals surface area (Å²) in [7, 11) is -0.319. The zero-order valence-electron chi connectivity index (χ0n) is 35.4. The van der Waals surface area contributed by atoms with E-state index in [-0.39, 0.29) is 47.5 Å². The van der Waals surface area contributed by atoms with Gasteiger partial charge < -0.3 is 58.5 Å². The predicted molar refractivity (Wildman–Crippen MR) is 252 cm³/mol. The maximum Gasteiger partial charge on any atom is 0.403 e. The SMILES string of the molecule is CSS[C@@H](C)OC1C[C@H](n2ccc(N)nc2=O)O[C@@H]1COP(=O)([O-])O.CSS[C@@H](C)OC1C[C@H](n2ccc(NC(=O)c3ccccc3)nc2=O)O[C@@H]1CO.O=C1OP(Cl)Oc2ccccc21. The number of hydrogen-bond donors (Lipinski definition) is 4. The minimum atomic E-state index is -4.89. The number of halogens is 1. The summed E-state index contributed by atoms with van der Waals surface area (Å²) in [5, 5.41) is 12.2. The molecule has 7 rings (SSSR count). The molecule has 10 atom stereocenters. The molecule has 3 aliphatic heterocycles. The van der Waals surface area contributed by atoms with Gasteiger partial charge in [0.1, 0.15) is 58.5 Å². The topological polar surface area (TPSA) is 287 Å². The van der Waals surface area contributed by atoms with Gasteiger partial charge in [0.05, 0.1) is 25.4 Å². The summed E-state index contributed by atoms with van der Waals surface area (Å²) < 4.78 is 50.9. The number of rotatable bonds is 16. The Labute approximate surface area is 400 Å². The third-order valence-electron chi connectivity index (χ3n) is 9.15. The zero-order chi connectivity index (χ0) is 48.0. The summed E-state index contributed by atoms with van der Waals surface area (Å²) >= 11 is 5.54. The van der Waals surface area contributed by atoms with Crippen molar-refractivity contribution >= 4 is 93.5 Å². The fraction of sp³-hybridized carbons (Fsp3) is 0.421. The summed E-state index contributed by atoms with van der Waals surface area (Å²) in [5.41, 5.74) is 4.96. The maximum atomic E-state index is 12.5. The lowest BCUT2D eigenvalue weighted by atomic mass is 10.2. The average molecular weight is 1050 g/mol. The molecule has 5 N–H and O–H groups in total. The number of phosphoric acid groups is 1. The lowest BCUT2D eigenvalue weighted by Crippen LogP contribution is -2.31. The lowest BCUT2D eigenvalue weighted by molar-refractivity contribution is -0.223. The Bertz CT molecular complexity index is 2400. The van der Waals surface area contributed by atoms with Crippen LogP contribution in [0.25, 0.3) is 0 Å². The average Bonchev–Trinajstić information content (AvgIpc) is 3.86. The van der Waals surface area contributed by atoms with E-state index < -0.39 is 70.3 Å². The summed E-state index contributed by atoms with van der Waals surface area (Å²) in [6.45, 7) is 3.15. The molecule has 21 nitrogen and oxygen atoms in total. The van der Waals surface area contributed by atoms with Gasteiger partial charge in [-0.3, -0.25) is 18.5 Å². The molecule has 0 bridgehead atoms. The number of ether oxygens (including phenoxy) is 4. The van der Waals surface area contributed by atoms with Gasteiger partial charge >= 0.3 is 25.1 Å². The predicted octanol–water partition coefficient (Wildman–Crippen LogP) is 5.55. The molecule has 2 aromatic carbocycles. The second-order valence-corrected chi connectivity index (χ2v) is 22.1. The van der Waals surface area contributed by atoms with Gasteiger partial charge in [0.2, 0.25) is 0 Å². The maximum absolute atomic E-state index is 12.5. The molecule has 0 spiro atoms. The van der Waals surface area contributed by atoms with Crippen LogP contribution in [0.3, 0.4) is 0 Å². The van der Waals surface area contributed by atoms with E-state index in [0.717, 1.165) is 0 Å². The van der Waals surface area contributed by atoms with Crippen molar-refractivity contribution in [3.63, 3.8) is 0 Å². The number of fused-ring (bicyclic) bond motifs is 1. The molecule has 2 fully saturated rings. The second kappa shape index (κ2) is 25.9. The Kier molecular flexibility index (Phi) is 21.1. The smallest absolute Gasteiger partial charge is 0.403 e. The highest BCUT2D eigenvalue weighted by atomic mass is 35.7. The number of para-hydroxylation sites is 1. The molecule has 0 aliphatic carbocycles. The number of anilines is 2. The van der Waals surface area contributed by atoms with Gasteiger partial charge in [-0.05, 0) is 74.0 Å². The standard InChI is InChI=1S/C19H23N3O5S2.C12H20N3O7PS2.C7H4ClO3P/c1-12(29-28-2)26-14-10-17(27-15(14)11-23)22-9-8-16(21-19(22)25)20-18(24)13-6-4-3-5-7-13;1-7(25-24-2)21-8-5-11(15-4-3-10(13)14-12(15)16)22-9(8)6-20-23(17,18)19;8-12-10-6-4-2-1-3-5(6)7(9)11-12/h3-9,12,14-15,17,23H,10-11H2,1-2H3,(H,20,21,24,25);3-4,7-9,11H,5-6H2,1-2H3,(H2,13,14,16)(H2,17,18,19);1-4H/p-1/t12-,14?,15+,17+;7-,8?,9+,11+;/m00./s1. The lowest BCUT2D eigenvalue weighted by Gasteiger charge is -2.24. The van der Waals surface area contributed by atoms with E-state index >= 15 is 0 Å². The van der Waals surface area contributed by atoms with E-state index in [1.54, 1.807) is 76.2 Å². The molecule has 3 aliphatic rings. The van der Waals surface area contributed by atoms with Gasteiger partial charge in [-0.2, -0.15) is 9.97 Å². The third-order valence-corrected chi connectivity index (χ3v) is 14.6. The van der Waals surface area contributed by atoms with E-state index in [2.05, 4.69) is 24.3 Å². The van der Waals surface area contributed by atoms with Crippen LogP contribution in [0.4, 0.5) is 11.6 Å². The van der Waals surface area contributed by atoms with Crippen LogP contribution in [-0.2, 0) is 32.6 Å². The Balaban J connectivity index is 0.000000200. The number of benzene rings is 2. The Hall–Kier alpha value is -3.23. The molecular formula is C38H46ClN6O15P2S4-. The number of aliphatic hydroxyl groups excluding tert-OH is 1. The first-order chi connectivity index (χ1) is 31.5. The Morgan fingerprint density at radius 2 is 1.47 bits per heavy atom. The van der Waals surface area contributed by atoms with Gasteiger partial charge in [0, 0.05) is 30.8 Å². The molecule has 0 saturated carbocycles. The Morgan fingerprint density at radius 1 is 0.909 bits per heavy atom. The van der Waals surface area contributed by atoms with Crippen LogP contribution in [0, 0.1) is 0 Å². The Morgan fingerprint density at radius 3 is 2.05 bits per heavy atom. The van der Waals surface area contributed by atoms with Gasteiger partial charge in [0.15, 0.2) is 0 Å². The van der Waals surface area contributed by atoms with Crippen LogP contribution >= 0.6 is 70.0 Å². The number of nitrogen functional groups attached to an aromatic ring is 1. The van der Waals surface area contributed by atoms with Gasteiger partial charge in [0.25, 0.3) is 13.7 Å². The van der Waals surface area contributed by atoms with E-state index in [1.165, 1.54) is 49.2 Å². The number of amides is 1. The largest absolute Gasteiger partial charge is 0.756 e. The fourth-order valence-electron chi connectivity index (χ4n) is 6.37. The van der Waals surface area contributed by atoms with Crippen molar-refractivity contribution in [3.8, 4) is 5.75 Å². The van der Waals surface area contributed by atoms with Crippen molar-refractivity contribution in [2.24, 2.45) is 0 Å². The summed E-state index contributed by atoms with van der Waals surface area (Å²) in [5.74, 6) is -0.0200. The van der Waals surface area contributed by atoms with Crippen LogP contribution < -0.4 is 31.8 Å². The highest BCUT2D eigenvalue weighted by Gasteiger charge is 2.40. The van der Waals surface area contributed by atoms with E-state index in [4.69, 9.17) is 45.3 Å². The summed E-state index contributed by atoms with van der Waals surface area (Å²) in [4.78, 5) is 75.0. The molecule has 1 amide bonds.